The summed E-state index contributed by atoms with van der Waals surface area (Å²) in [7, 11) is 1.31. The molecule has 1 saturated carbocycles. The Balaban J connectivity index is 1.56. The van der Waals surface area contributed by atoms with E-state index in [0.717, 1.165) is 18.4 Å². The molecule has 0 aliphatic heterocycles. The number of carbonyl (C=O) groups excluding carboxylic acids is 2. The first kappa shape index (κ1) is 17.8. The highest BCUT2D eigenvalue weighted by Gasteiger charge is 2.45. The third-order valence-electron chi connectivity index (χ3n) is 4.37. The fourth-order valence-electron chi connectivity index (χ4n) is 2.77. The van der Waals surface area contributed by atoms with Gasteiger partial charge in [-0.1, -0.05) is 29.8 Å². The Bertz CT molecular complexity index is 798. The standard InChI is InChI=1S/C20H22N2O4/c1-14-4-3-5-15(12-14)20(10-11-20)22-19(24)21-16-6-8-17(9-7-16)26-13-18(23)25-2/h3-9,12H,10-11,13H2,1-2H3,(H2,21,22,24). The zero-order chi connectivity index (χ0) is 18.6. The summed E-state index contributed by atoms with van der Waals surface area (Å²) in [6.07, 6.45) is 1.87. The van der Waals surface area contributed by atoms with E-state index in [1.165, 1.54) is 12.7 Å². The van der Waals surface area contributed by atoms with Crippen molar-refractivity contribution < 1.29 is 19.1 Å². The van der Waals surface area contributed by atoms with E-state index in [9.17, 15) is 9.59 Å². The largest absolute Gasteiger partial charge is 0.482 e. The average molecular weight is 354 g/mol. The number of aryl methyl sites for hydroxylation is 1. The van der Waals surface area contributed by atoms with Crippen LogP contribution in [0.25, 0.3) is 0 Å². The minimum Gasteiger partial charge on any atom is -0.482 e. The van der Waals surface area contributed by atoms with Crippen LogP contribution in [0.4, 0.5) is 10.5 Å². The van der Waals surface area contributed by atoms with Gasteiger partial charge in [-0.2, -0.15) is 0 Å². The third kappa shape index (κ3) is 4.33. The minimum atomic E-state index is -0.447. The van der Waals surface area contributed by atoms with Crippen LogP contribution in [-0.2, 0) is 15.1 Å². The van der Waals surface area contributed by atoms with Crippen LogP contribution in [0.15, 0.2) is 48.5 Å². The lowest BCUT2D eigenvalue weighted by Crippen LogP contribution is -2.38. The lowest BCUT2D eigenvalue weighted by molar-refractivity contribution is -0.142. The molecule has 0 heterocycles. The third-order valence-corrected chi connectivity index (χ3v) is 4.37. The number of rotatable bonds is 6. The van der Waals surface area contributed by atoms with Crippen molar-refractivity contribution in [1.82, 2.24) is 5.32 Å². The van der Waals surface area contributed by atoms with Crippen molar-refractivity contribution in [1.29, 1.82) is 0 Å². The fourth-order valence-corrected chi connectivity index (χ4v) is 2.77. The van der Waals surface area contributed by atoms with E-state index >= 15 is 0 Å². The van der Waals surface area contributed by atoms with E-state index in [0.29, 0.717) is 11.4 Å². The van der Waals surface area contributed by atoms with E-state index in [1.807, 2.05) is 25.1 Å². The van der Waals surface area contributed by atoms with Crippen LogP contribution in [0.2, 0.25) is 0 Å². The summed E-state index contributed by atoms with van der Waals surface area (Å²) in [6.45, 7) is 1.90. The predicted octanol–water partition coefficient (Wildman–Crippen LogP) is 3.36. The molecule has 0 atom stereocenters. The molecular weight excluding hydrogens is 332 g/mol. The number of amides is 2. The second-order valence-corrected chi connectivity index (χ2v) is 6.42. The molecule has 136 valence electrons. The smallest absolute Gasteiger partial charge is 0.343 e. The maximum atomic E-state index is 12.4. The monoisotopic (exact) mass is 354 g/mol. The molecule has 0 spiro atoms. The fraction of sp³-hybridized carbons (Fsp3) is 0.300. The van der Waals surface area contributed by atoms with Crippen molar-refractivity contribution in [2.24, 2.45) is 0 Å². The molecular formula is C20H22N2O4. The number of urea groups is 1. The maximum absolute atomic E-state index is 12.4. The Morgan fingerprint density at radius 3 is 2.46 bits per heavy atom. The van der Waals surface area contributed by atoms with Crippen molar-refractivity contribution >= 4 is 17.7 Å². The van der Waals surface area contributed by atoms with Gasteiger partial charge in [0.1, 0.15) is 5.75 Å². The number of methoxy groups -OCH3 is 1. The first-order valence-corrected chi connectivity index (χ1v) is 8.47. The highest BCUT2D eigenvalue weighted by atomic mass is 16.6. The molecule has 2 aromatic carbocycles. The van der Waals surface area contributed by atoms with Gasteiger partial charge >= 0.3 is 12.0 Å². The molecule has 6 nitrogen and oxygen atoms in total. The van der Waals surface area contributed by atoms with E-state index in [2.05, 4.69) is 21.4 Å². The van der Waals surface area contributed by atoms with Gasteiger partial charge in [-0.15, -0.1) is 0 Å². The van der Waals surface area contributed by atoms with Gasteiger partial charge in [0, 0.05) is 5.69 Å². The number of hydrogen-bond donors (Lipinski definition) is 2. The molecule has 2 aromatic rings. The van der Waals surface area contributed by atoms with Crippen LogP contribution < -0.4 is 15.4 Å². The summed E-state index contributed by atoms with van der Waals surface area (Å²) in [5.41, 5.74) is 2.70. The highest BCUT2D eigenvalue weighted by molar-refractivity contribution is 5.90. The Morgan fingerprint density at radius 2 is 1.85 bits per heavy atom. The van der Waals surface area contributed by atoms with E-state index < -0.39 is 5.97 Å². The Kier molecular flexibility index (Phi) is 5.11. The highest BCUT2D eigenvalue weighted by Crippen LogP contribution is 2.45. The van der Waals surface area contributed by atoms with Crippen molar-refractivity contribution in [3.05, 3.63) is 59.7 Å². The molecule has 0 unspecified atom stereocenters. The van der Waals surface area contributed by atoms with Crippen LogP contribution in [0.3, 0.4) is 0 Å². The Morgan fingerprint density at radius 1 is 1.12 bits per heavy atom. The van der Waals surface area contributed by atoms with Crippen molar-refractivity contribution in [2.75, 3.05) is 19.0 Å². The second-order valence-electron chi connectivity index (χ2n) is 6.42. The van der Waals surface area contributed by atoms with Gasteiger partial charge in [0.05, 0.1) is 12.6 Å². The number of carbonyl (C=O) groups is 2. The molecule has 1 aliphatic rings. The van der Waals surface area contributed by atoms with Crippen LogP contribution in [0.5, 0.6) is 5.75 Å². The predicted molar refractivity (Wildman–Crippen MR) is 98.2 cm³/mol. The Hall–Kier alpha value is -3.02. The molecule has 0 saturated heterocycles. The summed E-state index contributed by atoms with van der Waals surface area (Å²) in [5.74, 6) is 0.0808. The Labute approximate surface area is 152 Å². The molecule has 0 bridgehead atoms. The van der Waals surface area contributed by atoms with Gasteiger partial charge in [0.25, 0.3) is 0 Å². The number of anilines is 1. The van der Waals surface area contributed by atoms with E-state index in [4.69, 9.17) is 4.74 Å². The number of benzene rings is 2. The van der Waals surface area contributed by atoms with Gasteiger partial charge in [-0.25, -0.2) is 9.59 Å². The maximum Gasteiger partial charge on any atom is 0.343 e. The normalized spacial score (nSPS) is 14.2. The van der Waals surface area contributed by atoms with Gasteiger partial charge in [-0.05, 0) is 49.6 Å². The lowest BCUT2D eigenvalue weighted by atomic mass is 10.0. The van der Waals surface area contributed by atoms with E-state index in [1.54, 1.807) is 24.3 Å². The molecule has 0 aromatic heterocycles. The molecule has 6 heteroatoms. The van der Waals surface area contributed by atoms with E-state index in [-0.39, 0.29) is 18.2 Å². The van der Waals surface area contributed by atoms with Gasteiger partial charge < -0.3 is 20.1 Å². The van der Waals surface area contributed by atoms with Crippen LogP contribution in [0.1, 0.15) is 24.0 Å². The first-order chi connectivity index (χ1) is 12.5. The second kappa shape index (κ2) is 7.47. The van der Waals surface area contributed by atoms with Gasteiger partial charge in [0.2, 0.25) is 0 Å². The zero-order valence-electron chi connectivity index (χ0n) is 14.9. The van der Waals surface area contributed by atoms with Crippen LogP contribution in [-0.4, -0.2) is 25.7 Å². The molecule has 2 N–H and O–H groups in total. The van der Waals surface area contributed by atoms with Gasteiger partial charge in [0.15, 0.2) is 6.61 Å². The van der Waals surface area contributed by atoms with Crippen molar-refractivity contribution in [3.63, 3.8) is 0 Å². The van der Waals surface area contributed by atoms with Crippen LogP contribution in [0, 0.1) is 6.92 Å². The zero-order valence-corrected chi connectivity index (χ0v) is 14.9. The number of ether oxygens (including phenoxy) is 2. The first-order valence-electron chi connectivity index (χ1n) is 8.47. The summed E-state index contributed by atoms with van der Waals surface area (Å²) in [5, 5.41) is 5.91. The minimum absolute atomic E-state index is 0.150. The molecule has 0 radical (unpaired) electrons. The van der Waals surface area contributed by atoms with Gasteiger partial charge in [-0.3, -0.25) is 0 Å². The van der Waals surface area contributed by atoms with Crippen molar-refractivity contribution in [2.45, 2.75) is 25.3 Å². The van der Waals surface area contributed by atoms with Crippen LogP contribution >= 0.6 is 0 Å². The average Bonchev–Trinajstić information content (AvgIpc) is 3.41. The van der Waals surface area contributed by atoms with Crippen molar-refractivity contribution in [3.8, 4) is 5.75 Å². The summed E-state index contributed by atoms with van der Waals surface area (Å²) >= 11 is 0. The molecule has 26 heavy (non-hydrogen) atoms. The number of esters is 1. The molecule has 2 amide bonds. The SMILES string of the molecule is COC(=O)COc1ccc(NC(=O)NC2(c3cccc(C)c3)CC2)cc1. The molecule has 1 aliphatic carbocycles. The summed E-state index contributed by atoms with van der Waals surface area (Å²) < 4.78 is 9.79. The number of hydrogen-bond acceptors (Lipinski definition) is 4. The topological polar surface area (TPSA) is 76.7 Å². The molecule has 3 rings (SSSR count). The quantitative estimate of drug-likeness (QED) is 0.780. The molecule has 1 fully saturated rings. The number of nitrogens with one attached hydrogen (secondary N) is 2. The summed E-state index contributed by atoms with van der Waals surface area (Å²) in [6, 6.07) is 14.8. The summed E-state index contributed by atoms with van der Waals surface area (Å²) in [4.78, 5) is 23.4. The lowest BCUT2D eigenvalue weighted by Gasteiger charge is -2.19.